The normalized spacial score (nSPS) is 28.7. The minimum atomic E-state index is 0.429. The third kappa shape index (κ3) is 3.51. The molecule has 0 unspecified atom stereocenters. The predicted octanol–water partition coefficient (Wildman–Crippen LogP) is 3.19. The molecule has 0 radical (unpaired) electrons. The van der Waals surface area contributed by atoms with Gasteiger partial charge in [0.15, 0.2) is 0 Å². The molecule has 1 heteroatoms. The van der Waals surface area contributed by atoms with Crippen LogP contribution in [0.1, 0.15) is 32.6 Å². The first-order valence-electron chi connectivity index (χ1n) is 5.47. The summed E-state index contributed by atoms with van der Waals surface area (Å²) in [5.41, 5.74) is 7.12. The van der Waals surface area contributed by atoms with E-state index in [1.54, 1.807) is 0 Å². The lowest BCUT2D eigenvalue weighted by Gasteiger charge is -2.26. The van der Waals surface area contributed by atoms with Crippen LogP contribution in [0.25, 0.3) is 0 Å². The van der Waals surface area contributed by atoms with Gasteiger partial charge in [0.05, 0.1) is 0 Å². The summed E-state index contributed by atoms with van der Waals surface area (Å²) in [6.45, 7) is 6.13. The Labute approximate surface area is 87.4 Å². The summed E-state index contributed by atoms with van der Waals surface area (Å²) in [7, 11) is 0. The molecule has 2 N–H and O–H groups in total. The molecule has 1 saturated carbocycles. The highest BCUT2D eigenvalue weighted by atomic mass is 14.6. The van der Waals surface area contributed by atoms with E-state index < -0.39 is 0 Å². The van der Waals surface area contributed by atoms with Crippen molar-refractivity contribution in [3.63, 3.8) is 0 Å². The average molecular weight is 191 g/mol. The van der Waals surface area contributed by atoms with Crippen molar-refractivity contribution in [1.29, 1.82) is 0 Å². The largest absolute Gasteiger partial charge is 0.328 e. The maximum Gasteiger partial charge on any atom is 0.00392 e. The molecule has 0 aromatic carbocycles. The lowest BCUT2D eigenvalue weighted by atomic mass is 9.82. The van der Waals surface area contributed by atoms with Crippen LogP contribution in [0.15, 0.2) is 36.5 Å². The number of hydrogen-bond donors (Lipinski definition) is 1. The van der Waals surface area contributed by atoms with Gasteiger partial charge in [-0.1, -0.05) is 36.5 Å². The highest BCUT2D eigenvalue weighted by Crippen LogP contribution is 2.28. The maximum absolute atomic E-state index is 5.86. The van der Waals surface area contributed by atoms with Gasteiger partial charge in [-0.15, -0.1) is 0 Å². The van der Waals surface area contributed by atoms with Crippen molar-refractivity contribution < 1.29 is 0 Å². The maximum atomic E-state index is 5.86. The minimum absolute atomic E-state index is 0.429. The van der Waals surface area contributed by atoms with Gasteiger partial charge < -0.3 is 5.73 Å². The van der Waals surface area contributed by atoms with Gasteiger partial charge in [0, 0.05) is 6.04 Å². The van der Waals surface area contributed by atoms with Crippen LogP contribution in [0.3, 0.4) is 0 Å². The van der Waals surface area contributed by atoms with Crippen LogP contribution >= 0.6 is 0 Å². The summed E-state index contributed by atoms with van der Waals surface area (Å²) >= 11 is 0. The molecule has 0 atom stereocenters. The second kappa shape index (κ2) is 5.82. The topological polar surface area (TPSA) is 26.0 Å². The van der Waals surface area contributed by atoms with Crippen LogP contribution in [0.4, 0.5) is 0 Å². The smallest absolute Gasteiger partial charge is 0.00392 e. The van der Waals surface area contributed by atoms with Gasteiger partial charge in [-0.2, -0.15) is 0 Å². The molecular formula is C13H21N. The molecule has 1 rings (SSSR count). The van der Waals surface area contributed by atoms with Crippen molar-refractivity contribution in [2.24, 2.45) is 11.7 Å². The number of allylic oxidation sites excluding steroid dienone is 5. The van der Waals surface area contributed by atoms with E-state index in [2.05, 4.69) is 18.7 Å². The Bertz CT molecular complexity index is 230. The minimum Gasteiger partial charge on any atom is -0.328 e. The van der Waals surface area contributed by atoms with Crippen molar-refractivity contribution in [2.75, 3.05) is 0 Å². The molecule has 14 heavy (non-hydrogen) atoms. The molecule has 0 spiro atoms. The summed E-state index contributed by atoms with van der Waals surface area (Å²) in [5, 5.41) is 0. The first-order valence-corrected chi connectivity index (χ1v) is 5.47. The van der Waals surface area contributed by atoms with Crippen LogP contribution in [-0.2, 0) is 0 Å². The molecule has 0 saturated heterocycles. The monoisotopic (exact) mass is 191 g/mol. The predicted molar refractivity (Wildman–Crippen MR) is 63.0 cm³/mol. The fourth-order valence-electron chi connectivity index (χ4n) is 1.92. The SMILES string of the molecule is C=C(/C=C\C=C/C)C1CCC(N)CC1. The van der Waals surface area contributed by atoms with Crippen LogP contribution in [0.2, 0.25) is 0 Å². The standard InChI is InChI=1S/C13H21N/c1-3-4-5-6-11(2)12-7-9-13(14)10-8-12/h3-6,12-13H,2,7-10,14H2,1H3/b4-3-,6-5-. The van der Waals surface area contributed by atoms with Crippen molar-refractivity contribution in [3.8, 4) is 0 Å². The van der Waals surface area contributed by atoms with Crippen molar-refractivity contribution in [1.82, 2.24) is 0 Å². The molecule has 0 amide bonds. The number of nitrogens with two attached hydrogens (primary N) is 1. The zero-order valence-corrected chi connectivity index (χ0v) is 9.08. The van der Waals surface area contributed by atoms with E-state index in [0.717, 1.165) is 12.8 Å². The second-order valence-corrected chi connectivity index (χ2v) is 4.07. The Hall–Kier alpha value is -0.820. The Balaban J connectivity index is 2.38. The van der Waals surface area contributed by atoms with E-state index in [1.165, 1.54) is 18.4 Å². The molecule has 1 aliphatic rings. The molecule has 1 fully saturated rings. The van der Waals surface area contributed by atoms with E-state index in [-0.39, 0.29) is 0 Å². The fourth-order valence-corrected chi connectivity index (χ4v) is 1.92. The van der Waals surface area contributed by atoms with Crippen LogP contribution in [0.5, 0.6) is 0 Å². The summed E-state index contributed by atoms with van der Waals surface area (Å²) in [6.07, 6.45) is 13.0. The first-order chi connectivity index (χ1) is 6.74. The van der Waals surface area contributed by atoms with E-state index in [9.17, 15) is 0 Å². The summed E-state index contributed by atoms with van der Waals surface area (Å²) in [4.78, 5) is 0. The van der Waals surface area contributed by atoms with E-state index in [1.807, 2.05) is 19.1 Å². The lowest BCUT2D eigenvalue weighted by molar-refractivity contribution is 0.367. The summed E-state index contributed by atoms with van der Waals surface area (Å²) in [5.74, 6) is 0.663. The molecule has 1 aliphatic carbocycles. The van der Waals surface area contributed by atoms with E-state index in [4.69, 9.17) is 5.73 Å². The third-order valence-electron chi connectivity index (χ3n) is 2.91. The van der Waals surface area contributed by atoms with Crippen LogP contribution < -0.4 is 5.73 Å². The van der Waals surface area contributed by atoms with E-state index in [0.29, 0.717) is 12.0 Å². The summed E-state index contributed by atoms with van der Waals surface area (Å²) in [6, 6.07) is 0.429. The Morgan fingerprint density at radius 1 is 1.21 bits per heavy atom. The average Bonchev–Trinajstić information content (AvgIpc) is 2.19. The third-order valence-corrected chi connectivity index (χ3v) is 2.91. The highest BCUT2D eigenvalue weighted by Gasteiger charge is 2.19. The van der Waals surface area contributed by atoms with Crippen molar-refractivity contribution in [3.05, 3.63) is 36.5 Å². The van der Waals surface area contributed by atoms with Crippen LogP contribution in [0, 0.1) is 5.92 Å². The van der Waals surface area contributed by atoms with Crippen molar-refractivity contribution >= 4 is 0 Å². The number of rotatable bonds is 3. The lowest BCUT2D eigenvalue weighted by Crippen LogP contribution is -2.26. The Kier molecular flexibility index (Phi) is 4.68. The first kappa shape index (κ1) is 11.3. The van der Waals surface area contributed by atoms with E-state index >= 15 is 0 Å². The Morgan fingerprint density at radius 3 is 2.43 bits per heavy atom. The Morgan fingerprint density at radius 2 is 1.86 bits per heavy atom. The van der Waals surface area contributed by atoms with Gasteiger partial charge >= 0.3 is 0 Å². The van der Waals surface area contributed by atoms with Crippen molar-refractivity contribution in [2.45, 2.75) is 38.6 Å². The molecule has 0 aliphatic heterocycles. The van der Waals surface area contributed by atoms with Gasteiger partial charge in [0.2, 0.25) is 0 Å². The molecule has 0 heterocycles. The molecule has 0 aromatic heterocycles. The second-order valence-electron chi connectivity index (χ2n) is 4.07. The quantitative estimate of drug-likeness (QED) is 0.681. The van der Waals surface area contributed by atoms with Gasteiger partial charge in [-0.3, -0.25) is 0 Å². The number of hydrogen-bond acceptors (Lipinski definition) is 1. The molecule has 78 valence electrons. The zero-order valence-electron chi connectivity index (χ0n) is 9.08. The molecule has 0 bridgehead atoms. The molecule has 1 nitrogen and oxygen atoms in total. The summed E-state index contributed by atoms with van der Waals surface area (Å²) < 4.78 is 0. The van der Waals surface area contributed by atoms with Gasteiger partial charge in [-0.05, 0) is 38.5 Å². The zero-order chi connectivity index (χ0) is 10.4. The van der Waals surface area contributed by atoms with Gasteiger partial charge in [0.1, 0.15) is 0 Å². The van der Waals surface area contributed by atoms with Gasteiger partial charge in [-0.25, -0.2) is 0 Å². The molecular weight excluding hydrogens is 170 g/mol. The fraction of sp³-hybridized carbons (Fsp3) is 0.538. The van der Waals surface area contributed by atoms with Gasteiger partial charge in [0.25, 0.3) is 0 Å². The van der Waals surface area contributed by atoms with Crippen LogP contribution in [-0.4, -0.2) is 6.04 Å². The highest BCUT2D eigenvalue weighted by molar-refractivity contribution is 5.22. The molecule has 0 aromatic rings.